The maximum Gasteiger partial charge on any atom is 0.312 e. The third-order valence-electron chi connectivity index (χ3n) is 13.1. The van der Waals surface area contributed by atoms with E-state index in [4.69, 9.17) is 20.9 Å². The molecule has 1 heterocycles. The minimum absolute atomic E-state index is 0.0101. The van der Waals surface area contributed by atoms with Crippen LogP contribution in [0.4, 0.5) is 10.5 Å². The van der Waals surface area contributed by atoms with E-state index in [1.165, 1.54) is 38.5 Å². The van der Waals surface area contributed by atoms with Gasteiger partial charge in [0.15, 0.2) is 11.0 Å². The van der Waals surface area contributed by atoms with E-state index in [1.807, 2.05) is 60.5 Å². The largest absolute Gasteiger partial charge is 0.379 e. The summed E-state index contributed by atoms with van der Waals surface area (Å²) >= 11 is 0. The first-order valence-corrected chi connectivity index (χ1v) is 25.3. The monoisotopic (exact) mass is 993 g/mol. The first kappa shape index (κ1) is 60.4. The molecule has 1 saturated heterocycles. The minimum Gasteiger partial charge on any atom is -0.379 e. The summed E-state index contributed by atoms with van der Waals surface area (Å²) in [6, 6.07) is 1.19. The highest BCUT2D eigenvalue weighted by atomic mass is 32.2. The molecule has 392 valence electrons. The van der Waals surface area contributed by atoms with Crippen LogP contribution in [0.1, 0.15) is 101 Å². The van der Waals surface area contributed by atoms with E-state index in [9.17, 15) is 37.8 Å². The first-order chi connectivity index (χ1) is 32.3. The van der Waals surface area contributed by atoms with Crippen LogP contribution < -0.4 is 37.5 Å². The number of anilines is 1. The molecule has 2 rings (SSSR count). The van der Waals surface area contributed by atoms with E-state index in [-0.39, 0.29) is 65.7 Å². The molecule has 0 aromatic heterocycles. The Morgan fingerprint density at radius 3 is 1.97 bits per heavy atom. The molecule has 1 aliphatic heterocycles. The van der Waals surface area contributed by atoms with Gasteiger partial charge in [0.05, 0.1) is 53.6 Å². The Kier molecular flexibility index (Phi) is 25.3. The molecular formula is C48H84N10O10S. The van der Waals surface area contributed by atoms with Crippen LogP contribution in [0.15, 0.2) is 29.2 Å². The smallest absolute Gasteiger partial charge is 0.312 e. The van der Waals surface area contributed by atoms with E-state index >= 15 is 0 Å². The maximum atomic E-state index is 14.3. The normalized spacial score (nSPS) is 18.3. The van der Waals surface area contributed by atoms with Crippen molar-refractivity contribution in [3.8, 4) is 0 Å². The first-order valence-electron chi connectivity index (χ1n) is 24.1. The molecule has 8 amide bonds. The summed E-state index contributed by atoms with van der Waals surface area (Å²) in [6.45, 7) is 17.5. The van der Waals surface area contributed by atoms with Crippen LogP contribution in [-0.2, 0) is 49.2 Å². The Bertz CT molecular complexity index is 1880. The highest BCUT2D eigenvalue weighted by Crippen LogP contribution is 2.30. The molecular weight excluding hydrogens is 909 g/mol. The van der Waals surface area contributed by atoms with Crippen molar-refractivity contribution in [3.63, 3.8) is 0 Å². The van der Waals surface area contributed by atoms with Gasteiger partial charge in [-0.1, -0.05) is 68.7 Å². The van der Waals surface area contributed by atoms with Gasteiger partial charge in [0, 0.05) is 40.0 Å². The third kappa shape index (κ3) is 17.6. The van der Waals surface area contributed by atoms with Crippen molar-refractivity contribution < 1.29 is 47.2 Å². The van der Waals surface area contributed by atoms with E-state index in [1.54, 1.807) is 37.6 Å². The van der Waals surface area contributed by atoms with Gasteiger partial charge < -0.3 is 52.0 Å². The summed E-state index contributed by atoms with van der Waals surface area (Å²) in [4.78, 5) is 98.4. The lowest BCUT2D eigenvalue weighted by Gasteiger charge is -2.41. The van der Waals surface area contributed by atoms with Gasteiger partial charge in [-0.05, 0) is 87.7 Å². The zero-order valence-corrected chi connectivity index (χ0v) is 44.3. The number of nitrogens with two attached hydrogens (primary N) is 2. The van der Waals surface area contributed by atoms with E-state index in [0.717, 1.165) is 0 Å². The molecule has 1 aromatic rings. The van der Waals surface area contributed by atoms with Crippen molar-refractivity contribution in [2.24, 2.45) is 41.1 Å². The van der Waals surface area contributed by atoms with Gasteiger partial charge in [-0.2, -0.15) is 0 Å². The van der Waals surface area contributed by atoms with Gasteiger partial charge in [-0.3, -0.25) is 38.4 Å². The van der Waals surface area contributed by atoms with Crippen LogP contribution in [0.3, 0.4) is 0 Å². The molecule has 1 unspecified atom stereocenters. The number of nitrogens with one attached hydrogen (secondary N) is 5. The average Bonchev–Trinajstić information content (AvgIpc) is 3.77. The number of carbonyl (C=O) groups excluding carboxylic acids is 7. The lowest BCUT2D eigenvalue weighted by atomic mass is 9.89. The molecule has 0 radical (unpaired) electrons. The van der Waals surface area contributed by atoms with E-state index in [0.29, 0.717) is 37.9 Å². The van der Waals surface area contributed by atoms with Crippen molar-refractivity contribution in [1.29, 1.82) is 0 Å². The quantitative estimate of drug-likeness (QED) is 0.0597. The fraction of sp³-hybridized carbons (Fsp3) is 0.729. The predicted molar refractivity (Wildman–Crippen MR) is 266 cm³/mol. The second-order valence-electron chi connectivity index (χ2n) is 19.5. The number of primary amides is 1. The Balaban J connectivity index is 2.20. The highest BCUT2D eigenvalue weighted by molar-refractivity contribution is 7.83. The Hall–Kier alpha value is -4.70. The van der Waals surface area contributed by atoms with Gasteiger partial charge in [0.1, 0.15) is 12.1 Å². The molecule has 1 aliphatic rings. The number of nitrogens with zero attached hydrogens (tertiary/aromatic N) is 3. The van der Waals surface area contributed by atoms with Crippen LogP contribution in [0.25, 0.3) is 0 Å². The molecule has 0 spiro atoms. The fourth-order valence-corrected chi connectivity index (χ4v) is 9.77. The second kappa shape index (κ2) is 28.8. The standard InChI is InChI=1S/C48H84N10O10S/c1-15-30(8)41(57(12)47(64)39(28(4)5)54-46(63)40(29(6)7)56(10)11)36(67-13)26-37(59)58-25-17-19-35(58)42(68-14)31(9)43(60)55-69(66)33-22-20-32(21-23-33)52-44(61)34(18-16-24-51-48(50)65)53-45(62)38(49)27(2)3/h20-23,27-31,34-36,38-42H,15-19,24-26,49H2,1-14H3,(H,52,61)(H,53,62)(H,54,63)(H,55,60)(H3,50,51,65)/t30-,31+,34-,35-,36+,38-,39-,40-,41-,42+,69?/m0/s1. The number of likely N-dealkylation sites (tertiary alicyclic amines) is 1. The van der Waals surface area contributed by atoms with Crippen molar-refractivity contribution >= 4 is 58.1 Å². The average molecular weight is 993 g/mol. The lowest BCUT2D eigenvalue weighted by Crippen LogP contribution is -2.59. The SMILES string of the molecule is CC[C@H](C)[C@@H]([C@@H](CC(=O)N1CCC[C@H]1[C@H](OC)[C@@H](C)C(=O)NS(=O)c1ccc(NC(=O)[C@H](CCCNC(N)=O)NC(=O)[C@@H](N)C(C)C)cc1)OC)N(C)C(=O)[C@@H](NC(=O)[C@H](C(C)C)N(C)C)C(C)C. The Labute approximate surface area is 412 Å². The summed E-state index contributed by atoms with van der Waals surface area (Å²) in [6.07, 6.45) is 0.904. The van der Waals surface area contributed by atoms with Crippen molar-refractivity contribution in [3.05, 3.63) is 24.3 Å². The van der Waals surface area contributed by atoms with Crippen LogP contribution in [-0.4, -0.2) is 157 Å². The summed E-state index contributed by atoms with van der Waals surface area (Å²) in [5.74, 6) is -3.65. The molecule has 69 heavy (non-hydrogen) atoms. The second-order valence-corrected chi connectivity index (χ2v) is 20.7. The number of carbonyl (C=O) groups is 7. The van der Waals surface area contributed by atoms with Crippen molar-refractivity contribution in [2.75, 3.05) is 53.8 Å². The summed E-state index contributed by atoms with van der Waals surface area (Å²) < 4.78 is 28.0. The molecule has 0 bridgehead atoms. The molecule has 20 nitrogen and oxygen atoms in total. The molecule has 0 aliphatic carbocycles. The lowest BCUT2D eigenvalue weighted by molar-refractivity contribution is -0.148. The molecule has 11 atom stereocenters. The number of hydrogen-bond acceptors (Lipinski definition) is 12. The van der Waals surface area contributed by atoms with Crippen LogP contribution in [0, 0.1) is 29.6 Å². The fourth-order valence-electron chi connectivity index (χ4n) is 8.90. The molecule has 1 aromatic carbocycles. The van der Waals surface area contributed by atoms with Crippen LogP contribution >= 0.6 is 0 Å². The summed E-state index contributed by atoms with van der Waals surface area (Å²) in [5.41, 5.74) is 11.5. The Morgan fingerprint density at radius 2 is 1.46 bits per heavy atom. The van der Waals surface area contributed by atoms with Crippen molar-refractivity contribution in [1.82, 2.24) is 35.4 Å². The van der Waals surface area contributed by atoms with Crippen molar-refractivity contribution in [2.45, 2.75) is 154 Å². The number of urea groups is 1. The number of benzene rings is 1. The highest BCUT2D eigenvalue weighted by Gasteiger charge is 2.43. The number of hydrogen-bond donors (Lipinski definition) is 7. The third-order valence-corrected chi connectivity index (χ3v) is 14.2. The molecule has 1 fully saturated rings. The summed E-state index contributed by atoms with van der Waals surface area (Å²) in [5, 5.41) is 10.9. The van der Waals surface area contributed by atoms with Gasteiger partial charge >= 0.3 is 6.03 Å². The number of amides is 8. The van der Waals surface area contributed by atoms with Crippen LogP contribution in [0.2, 0.25) is 0 Å². The van der Waals surface area contributed by atoms with Gasteiger partial charge in [0.25, 0.3) is 0 Å². The van der Waals surface area contributed by atoms with E-state index in [2.05, 4.69) is 26.0 Å². The number of rotatable bonds is 28. The minimum atomic E-state index is -2.01. The van der Waals surface area contributed by atoms with E-state index < -0.39 is 89.1 Å². The number of ether oxygens (including phenoxy) is 2. The Morgan fingerprint density at radius 1 is 0.841 bits per heavy atom. The molecule has 21 heteroatoms. The topological polar surface area (TPSA) is 277 Å². The number of methoxy groups -OCH3 is 2. The molecule has 9 N–H and O–H groups in total. The van der Waals surface area contributed by atoms with Gasteiger partial charge in [-0.25, -0.2) is 9.00 Å². The van der Waals surface area contributed by atoms with Gasteiger partial charge in [-0.15, -0.1) is 0 Å². The van der Waals surface area contributed by atoms with Crippen LogP contribution in [0.5, 0.6) is 0 Å². The zero-order valence-electron chi connectivity index (χ0n) is 43.5. The maximum absolute atomic E-state index is 14.3. The summed E-state index contributed by atoms with van der Waals surface area (Å²) in [7, 11) is 6.34. The van der Waals surface area contributed by atoms with Gasteiger partial charge in [0.2, 0.25) is 35.4 Å². The zero-order chi connectivity index (χ0) is 52.4. The molecule has 0 saturated carbocycles. The number of likely N-dealkylation sites (N-methyl/N-ethyl adjacent to an activating group) is 2. The predicted octanol–water partition coefficient (Wildman–Crippen LogP) is 2.33.